The van der Waals surface area contributed by atoms with E-state index in [2.05, 4.69) is 21.3 Å². The fourth-order valence-electron chi connectivity index (χ4n) is 5.02. The first-order chi connectivity index (χ1) is 27.1. The van der Waals surface area contributed by atoms with E-state index in [4.69, 9.17) is 28.8 Å². The zero-order chi connectivity index (χ0) is 41.1. The molecule has 6 N–H and O–H groups in total. The van der Waals surface area contributed by atoms with Gasteiger partial charge in [-0.15, -0.1) is 0 Å². The summed E-state index contributed by atoms with van der Waals surface area (Å²) in [4.78, 5) is 70.3. The molecule has 0 spiro atoms. The molecule has 318 valence electrons. The van der Waals surface area contributed by atoms with Crippen LogP contribution in [0, 0.1) is 0 Å². The van der Waals surface area contributed by atoms with E-state index in [1.807, 2.05) is 6.92 Å². The van der Waals surface area contributed by atoms with E-state index in [0.29, 0.717) is 45.1 Å². The molecule has 1 atom stereocenters. The average molecular weight is 797 g/mol. The number of carboxylic acids is 2. The summed E-state index contributed by atoms with van der Waals surface area (Å²) in [5.74, 6) is -2.68. The number of aliphatic carboxylic acids is 1. The summed E-state index contributed by atoms with van der Waals surface area (Å²) in [5, 5.41) is 29.0. The summed E-state index contributed by atoms with van der Waals surface area (Å²) >= 11 is 0. The van der Waals surface area contributed by atoms with E-state index in [0.717, 1.165) is 57.8 Å². The minimum Gasteiger partial charge on any atom is -0.494 e. The normalized spacial score (nSPS) is 11.4. The Kier molecular flexibility index (Phi) is 30.1. The second-order valence-corrected chi connectivity index (χ2v) is 13.0. The Labute approximate surface area is 330 Å². The van der Waals surface area contributed by atoms with E-state index in [1.165, 1.54) is 12.1 Å². The number of unbranched alkanes of at least 4 members (excludes halogenated alkanes) is 8. The lowest BCUT2D eigenvalue weighted by molar-refractivity contribution is -0.142. The maximum atomic E-state index is 12.3. The van der Waals surface area contributed by atoms with Crippen molar-refractivity contribution in [1.29, 1.82) is 0 Å². The second-order valence-electron chi connectivity index (χ2n) is 13.0. The zero-order valence-electron chi connectivity index (χ0n) is 32.9. The van der Waals surface area contributed by atoms with Crippen LogP contribution < -0.4 is 26.0 Å². The summed E-state index contributed by atoms with van der Waals surface area (Å²) in [6.07, 6.45) is 9.67. The van der Waals surface area contributed by atoms with Gasteiger partial charge >= 0.3 is 11.9 Å². The zero-order valence-corrected chi connectivity index (χ0v) is 32.9. The number of aromatic carboxylic acids is 1. The first kappa shape index (κ1) is 49.7. The van der Waals surface area contributed by atoms with Crippen LogP contribution in [-0.2, 0) is 42.9 Å². The van der Waals surface area contributed by atoms with E-state index in [9.17, 15) is 33.9 Å². The van der Waals surface area contributed by atoms with Gasteiger partial charge in [-0.05, 0) is 49.9 Å². The number of amides is 4. The van der Waals surface area contributed by atoms with Gasteiger partial charge in [-0.25, -0.2) is 9.59 Å². The first-order valence-electron chi connectivity index (χ1n) is 19.7. The summed E-state index contributed by atoms with van der Waals surface area (Å²) < 4.78 is 26.9. The maximum Gasteiger partial charge on any atom is 0.335 e. The lowest BCUT2D eigenvalue weighted by atomic mass is 10.1. The van der Waals surface area contributed by atoms with E-state index in [-0.39, 0.29) is 94.6 Å². The molecule has 4 amide bonds. The predicted molar refractivity (Wildman–Crippen MR) is 206 cm³/mol. The van der Waals surface area contributed by atoms with Crippen molar-refractivity contribution in [1.82, 2.24) is 21.3 Å². The average Bonchev–Trinajstić information content (AvgIpc) is 3.17. The van der Waals surface area contributed by atoms with Crippen LogP contribution >= 0.6 is 0 Å². The highest BCUT2D eigenvalue weighted by atomic mass is 16.5. The van der Waals surface area contributed by atoms with Gasteiger partial charge in [0.25, 0.3) is 0 Å². The number of benzene rings is 1. The number of carbonyl (C=O) groups is 6. The van der Waals surface area contributed by atoms with Crippen molar-refractivity contribution in [3.05, 3.63) is 29.8 Å². The molecule has 0 aromatic heterocycles. The molecule has 0 radical (unpaired) electrons. The Morgan fingerprint density at radius 1 is 0.554 bits per heavy atom. The molecule has 1 unspecified atom stereocenters. The van der Waals surface area contributed by atoms with Crippen LogP contribution in [0.2, 0.25) is 0 Å². The van der Waals surface area contributed by atoms with E-state index in [1.54, 1.807) is 12.1 Å². The van der Waals surface area contributed by atoms with Gasteiger partial charge in [0.2, 0.25) is 23.6 Å². The lowest BCUT2D eigenvalue weighted by Crippen LogP contribution is -2.41. The van der Waals surface area contributed by atoms with Crippen molar-refractivity contribution in [3.8, 4) is 5.75 Å². The number of ether oxygens (including phenoxy) is 5. The Morgan fingerprint density at radius 3 is 1.62 bits per heavy atom. The van der Waals surface area contributed by atoms with Crippen LogP contribution in [0.25, 0.3) is 0 Å². The topological polar surface area (TPSA) is 237 Å². The van der Waals surface area contributed by atoms with Crippen molar-refractivity contribution in [2.24, 2.45) is 0 Å². The fraction of sp³-hybridized carbons (Fsp3) is 0.692. The van der Waals surface area contributed by atoms with Crippen LogP contribution in [-0.4, -0.2) is 131 Å². The standard InChI is InChI=1S/C39H64N4O13/c1-2-3-19-40-36(46)29-54-27-26-53-24-21-42-37(47)30-55-28-25-52-23-20-41-34(44)18-17-33(39(50)51)43-35(45)12-10-8-6-4-5-7-9-11-22-56-32-15-13-31(14-16-32)38(48)49/h13-16,33H,2-12,17-30H2,1H3,(H,40,46)(H,41,44)(H,42,47)(H,43,45)(H,48,49)(H,50,51). The van der Waals surface area contributed by atoms with Crippen molar-refractivity contribution in [3.63, 3.8) is 0 Å². The molecule has 0 fully saturated rings. The largest absolute Gasteiger partial charge is 0.494 e. The summed E-state index contributed by atoms with van der Waals surface area (Å²) in [6, 6.07) is 5.19. The van der Waals surface area contributed by atoms with E-state index < -0.39 is 18.0 Å². The van der Waals surface area contributed by atoms with Gasteiger partial charge in [-0.2, -0.15) is 0 Å². The predicted octanol–water partition coefficient (Wildman–Crippen LogP) is 2.84. The Morgan fingerprint density at radius 2 is 1.07 bits per heavy atom. The molecule has 0 bridgehead atoms. The number of carbonyl (C=O) groups excluding carboxylic acids is 4. The highest BCUT2D eigenvalue weighted by Gasteiger charge is 2.20. The molecule has 17 heteroatoms. The molecule has 1 rings (SSSR count). The summed E-state index contributed by atoms with van der Waals surface area (Å²) in [6.45, 7) is 5.07. The molecule has 0 aliphatic carbocycles. The van der Waals surface area contributed by atoms with Crippen LogP contribution in [0.15, 0.2) is 24.3 Å². The molecular formula is C39H64N4O13. The smallest absolute Gasteiger partial charge is 0.335 e. The molecule has 0 saturated heterocycles. The van der Waals surface area contributed by atoms with Gasteiger partial charge in [0, 0.05) is 32.5 Å². The Hall–Kier alpha value is -4.32. The third-order valence-electron chi connectivity index (χ3n) is 8.16. The molecule has 1 aromatic rings. The minimum absolute atomic E-state index is 0.0134. The molecule has 0 aliphatic rings. The number of rotatable bonds is 37. The number of nitrogens with one attached hydrogen (secondary N) is 4. The first-order valence-corrected chi connectivity index (χ1v) is 19.7. The van der Waals surface area contributed by atoms with Crippen LogP contribution in [0.4, 0.5) is 0 Å². The fourth-order valence-corrected chi connectivity index (χ4v) is 5.02. The van der Waals surface area contributed by atoms with Crippen molar-refractivity contribution in [2.75, 3.05) is 79.1 Å². The lowest BCUT2D eigenvalue weighted by Gasteiger charge is -2.14. The van der Waals surface area contributed by atoms with Gasteiger partial charge in [-0.1, -0.05) is 51.9 Å². The molecule has 56 heavy (non-hydrogen) atoms. The molecule has 1 aromatic carbocycles. The highest BCUT2D eigenvalue weighted by molar-refractivity contribution is 5.87. The van der Waals surface area contributed by atoms with Gasteiger partial charge in [0.1, 0.15) is 25.0 Å². The molecule has 0 heterocycles. The van der Waals surface area contributed by atoms with Gasteiger partial charge in [-0.3, -0.25) is 19.2 Å². The van der Waals surface area contributed by atoms with Gasteiger partial charge < -0.3 is 55.2 Å². The third kappa shape index (κ3) is 29.0. The van der Waals surface area contributed by atoms with Crippen LogP contribution in [0.3, 0.4) is 0 Å². The van der Waals surface area contributed by atoms with Crippen molar-refractivity contribution in [2.45, 2.75) is 96.4 Å². The number of carboxylic acid groups (broad SMARTS) is 2. The second kappa shape index (κ2) is 34.0. The summed E-state index contributed by atoms with van der Waals surface area (Å²) in [5.41, 5.74) is 0.225. The Bertz CT molecular complexity index is 1250. The molecule has 0 aliphatic heterocycles. The Balaban J connectivity index is 1.94. The van der Waals surface area contributed by atoms with Gasteiger partial charge in [0.15, 0.2) is 0 Å². The number of hydrogen-bond donors (Lipinski definition) is 6. The van der Waals surface area contributed by atoms with E-state index >= 15 is 0 Å². The highest BCUT2D eigenvalue weighted by Crippen LogP contribution is 2.14. The quantitative estimate of drug-likeness (QED) is 0.0532. The SMILES string of the molecule is CCCCNC(=O)COCCOCCNC(=O)COCCOCCNC(=O)CCC(NC(=O)CCCCCCCCCCOc1ccc(C(=O)O)cc1)C(=O)O. The van der Waals surface area contributed by atoms with Crippen LogP contribution in [0.1, 0.15) is 101 Å². The maximum absolute atomic E-state index is 12.3. The third-order valence-corrected chi connectivity index (χ3v) is 8.16. The number of hydrogen-bond acceptors (Lipinski definition) is 11. The molecule has 0 saturated carbocycles. The summed E-state index contributed by atoms with van der Waals surface area (Å²) in [7, 11) is 0. The monoisotopic (exact) mass is 796 g/mol. The minimum atomic E-state index is -1.19. The van der Waals surface area contributed by atoms with Crippen molar-refractivity contribution < 1.29 is 62.7 Å². The van der Waals surface area contributed by atoms with Gasteiger partial charge in [0.05, 0.1) is 51.8 Å². The molecular weight excluding hydrogens is 732 g/mol. The van der Waals surface area contributed by atoms with Crippen LogP contribution in [0.5, 0.6) is 5.75 Å². The van der Waals surface area contributed by atoms with Crippen molar-refractivity contribution >= 4 is 35.6 Å². The molecule has 17 nitrogen and oxygen atoms in total.